The Morgan fingerprint density at radius 3 is 2.65 bits per heavy atom. The van der Waals surface area contributed by atoms with Gasteiger partial charge in [0.2, 0.25) is 0 Å². The van der Waals surface area contributed by atoms with Crippen molar-refractivity contribution in [3.05, 3.63) is 12.7 Å². The Hall–Kier alpha value is -0.750. The number of hydrogen-bond donors (Lipinski definition) is 0. The average Bonchev–Trinajstić information content (AvgIpc) is 2.69. The van der Waals surface area contributed by atoms with Crippen molar-refractivity contribution < 1.29 is 23.7 Å². The fourth-order valence-corrected chi connectivity index (χ4v) is 2.23. The molecule has 5 heteroatoms. The predicted octanol–water partition coefficient (Wildman–Crippen LogP) is 1.02. The van der Waals surface area contributed by atoms with Gasteiger partial charge in [0.25, 0.3) is 0 Å². The van der Waals surface area contributed by atoms with Crippen LogP contribution in [0.25, 0.3) is 0 Å². The Morgan fingerprint density at radius 1 is 1.35 bits per heavy atom. The van der Waals surface area contributed by atoms with Crippen molar-refractivity contribution in [3.63, 3.8) is 0 Å². The van der Waals surface area contributed by atoms with Crippen LogP contribution in [0.1, 0.15) is 20.8 Å². The van der Waals surface area contributed by atoms with E-state index in [1.807, 2.05) is 0 Å². The second-order valence-corrected chi connectivity index (χ2v) is 4.90. The largest absolute Gasteiger partial charge is 0.365 e. The van der Waals surface area contributed by atoms with Crippen molar-refractivity contribution in [2.45, 2.75) is 50.7 Å². The fraction of sp³-hybridized carbons (Fsp3) is 0.750. The topological polar surface area (TPSA) is 54.0 Å². The molecule has 0 spiro atoms. The number of hydrogen-bond acceptors (Lipinski definition) is 5. The van der Waals surface area contributed by atoms with E-state index in [1.165, 1.54) is 0 Å². The zero-order chi connectivity index (χ0) is 12.7. The molecule has 5 nitrogen and oxygen atoms in total. The molecule has 0 saturated carbocycles. The fourth-order valence-electron chi connectivity index (χ4n) is 2.23. The van der Waals surface area contributed by atoms with Crippen molar-refractivity contribution in [1.29, 1.82) is 0 Å². The lowest BCUT2D eigenvalue weighted by atomic mass is 9.95. The highest BCUT2D eigenvalue weighted by Gasteiger charge is 2.62. The van der Waals surface area contributed by atoms with Crippen molar-refractivity contribution >= 4 is 6.29 Å². The van der Waals surface area contributed by atoms with Gasteiger partial charge in [-0.05, 0) is 20.8 Å². The van der Waals surface area contributed by atoms with Gasteiger partial charge in [0.15, 0.2) is 18.4 Å². The minimum absolute atomic E-state index is 0.331. The third-order valence-corrected chi connectivity index (χ3v) is 3.10. The highest BCUT2D eigenvalue weighted by atomic mass is 16.8. The summed E-state index contributed by atoms with van der Waals surface area (Å²) in [5.41, 5.74) is -0.839. The molecule has 0 aromatic heterocycles. The SMILES string of the molecule is C=CCO[C@]1(C)[C@@H](C=O)O[C@@H]2OC(C)(C)O[C@@H]21. The first kappa shape index (κ1) is 12.7. The van der Waals surface area contributed by atoms with E-state index >= 15 is 0 Å². The molecule has 0 aromatic carbocycles. The van der Waals surface area contributed by atoms with Crippen molar-refractivity contribution in [2.75, 3.05) is 6.61 Å². The van der Waals surface area contributed by atoms with E-state index in [2.05, 4.69) is 6.58 Å². The monoisotopic (exact) mass is 242 g/mol. The molecule has 0 amide bonds. The molecular weight excluding hydrogens is 224 g/mol. The van der Waals surface area contributed by atoms with Gasteiger partial charge in [0.05, 0.1) is 6.61 Å². The standard InChI is InChI=1S/C12H18O5/c1-5-6-14-12(4)8(7-13)15-10-9(12)16-11(2,3)17-10/h5,7-10H,1,6H2,2-4H3/t8-,9+,10-,12-/m1/s1. The van der Waals surface area contributed by atoms with Crippen LogP contribution in [-0.4, -0.2) is 42.8 Å². The maximum Gasteiger partial charge on any atom is 0.191 e. The number of aldehydes is 1. The molecule has 17 heavy (non-hydrogen) atoms. The molecule has 0 bridgehead atoms. The predicted molar refractivity (Wildman–Crippen MR) is 59.3 cm³/mol. The first-order valence-corrected chi connectivity index (χ1v) is 5.64. The summed E-state index contributed by atoms with van der Waals surface area (Å²) in [6.45, 7) is 9.33. The number of rotatable bonds is 4. The Morgan fingerprint density at radius 2 is 2.06 bits per heavy atom. The van der Waals surface area contributed by atoms with Crippen molar-refractivity contribution in [3.8, 4) is 0 Å². The van der Waals surface area contributed by atoms with Gasteiger partial charge in [-0.25, -0.2) is 0 Å². The molecule has 0 aromatic rings. The summed E-state index contributed by atoms with van der Waals surface area (Å²) in [6.07, 6.45) is 0.693. The molecule has 0 unspecified atom stereocenters. The smallest absolute Gasteiger partial charge is 0.191 e. The summed E-state index contributed by atoms with van der Waals surface area (Å²) >= 11 is 0. The normalized spacial score (nSPS) is 43.4. The van der Waals surface area contributed by atoms with Crippen LogP contribution in [0.3, 0.4) is 0 Å². The van der Waals surface area contributed by atoms with Crippen LogP contribution in [0.5, 0.6) is 0 Å². The highest BCUT2D eigenvalue weighted by Crippen LogP contribution is 2.44. The van der Waals surface area contributed by atoms with E-state index in [4.69, 9.17) is 18.9 Å². The second-order valence-electron chi connectivity index (χ2n) is 4.90. The molecule has 0 aliphatic carbocycles. The zero-order valence-electron chi connectivity index (χ0n) is 10.3. The molecule has 2 heterocycles. The molecule has 2 aliphatic heterocycles. The molecule has 96 valence electrons. The van der Waals surface area contributed by atoms with Gasteiger partial charge in [0.1, 0.15) is 17.8 Å². The molecule has 2 fully saturated rings. The van der Waals surface area contributed by atoms with Crippen LogP contribution in [0.15, 0.2) is 12.7 Å². The number of ether oxygens (including phenoxy) is 4. The van der Waals surface area contributed by atoms with Gasteiger partial charge in [0, 0.05) is 0 Å². The van der Waals surface area contributed by atoms with Gasteiger partial charge in [-0.1, -0.05) is 6.08 Å². The molecule has 4 atom stereocenters. The van der Waals surface area contributed by atoms with E-state index in [-0.39, 0.29) is 0 Å². The van der Waals surface area contributed by atoms with Crippen LogP contribution in [0.4, 0.5) is 0 Å². The van der Waals surface area contributed by atoms with Gasteiger partial charge in [-0.15, -0.1) is 6.58 Å². The minimum atomic E-state index is -0.839. The summed E-state index contributed by atoms with van der Waals surface area (Å²) in [7, 11) is 0. The van der Waals surface area contributed by atoms with E-state index in [0.29, 0.717) is 6.61 Å². The molecule has 0 radical (unpaired) electrons. The molecule has 2 rings (SSSR count). The van der Waals surface area contributed by atoms with Crippen LogP contribution in [0.2, 0.25) is 0 Å². The van der Waals surface area contributed by atoms with Crippen LogP contribution in [-0.2, 0) is 23.7 Å². The number of fused-ring (bicyclic) bond motifs is 1. The summed E-state index contributed by atoms with van der Waals surface area (Å²) in [6, 6.07) is 0. The third kappa shape index (κ3) is 2.04. The summed E-state index contributed by atoms with van der Waals surface area (Å²) < 4.78 is 22.5. The molecular formula is C12H18O5. The van der Waals surface area contributed by atoms with Crippen LogP contribution >= 0.6 is 0 Å². The Bertz CT molecular complexity index is 327. The van der Waals surface area contributed by atoms with Crippen LogP contribution in [0, 0.1) is 0 Å². The summed E-state index contributed by atoms with van der Waals surface area (Å²) in [5, 5.41) is 0. The number of carbonyl (C=O) groups is 1. The van der Waals surface area contributed by atoms with E-state index < -0.39 is 29.9 Å². The highest BCUT2D eigenvalue weighted by molar-refractivity contribution is 5.59. The lowest BCUT2D eigenvalue weighted by Gasteiger charge is -2.32. The lowest BCUT2D eigenvalue weighted by molar-refractivity contribution is -0.228. The Balaban J connectivity index is 2.20. The second kappa shape index (κ2) is 4.17. The van der Waals surface area contributed by atoms with Crippen molar-refractivity contribution in [1.82, 2.24) is 0 Å². The van der Waals surface area contributed by atoms with Crippen molar-refractivity contribution in [2.24, 2.45) is 0 Å². The first-order chi connectivity index (χ1) is 7.93. The molecule has 2 aliphatic rings. The maximum atomic E-state index is 11.0. The summed E-state index contributed by atoms with van der Waals surface area (Å²) in [5.74, 6) is -0.720. The minimum Gasteiger partial charge on any atom is -0.365 e. The van der Waals surface area contributed by atoms with Gasteiger partial charge < -0.3 is 23.7 Å². The molecule has 2 saturated heterocycles. The average molecular weight is 242 g/mol. The Kier molecular flexibility index (Phi) is 3.12. The van der Waals surface area contributed by atoms with E-state index in [1.54, 1.807) is 26.8 Å². The lowest BCUT2D eigenvalue weighted by Crippen LogP contribution is -2.49. The third-order valence-electron chi connectivity index (χ3n) is 3.10. The van der Waals surface area contributed by atoms with Crippen LogP contribution < -0.4 is 0 Å². The maximum absolute atomic E-state index is 11.0. The first-order valence-electron chi connectivity index (χ1n) is 5.64. The van der Waals surface area contributed by atoms with Gasteiger partial charge in [-0.2, -0.15) is 0 Å². The number of carbonyl (C=O) groups excluding carboxylic acids is 1. The van der Waals surface area contributed by atoms with E-state index in [0.717, 1.165) is 6.29 Å². The quantitative estimate of drug-likeness (QED) is 0.544. The summed E-state index contributed by atoms with van der Waals surface area (Å²) in [4.78, 5) is 11.0. The van der Waals surface area contributed by atoms with Gasteiger partial charge in [-0.3, -0.25) is 0 Å². The molecule has 0 N–H and O–H groups in total. The van der Waals surface area contributed by atoms with Gasteiger partial charge >= 0.3 is 0 Å². The van der Waals surface area contributed by atoms with E-state index in [9.17, 15) is 4.79 Å². The Labute approximate surface area is 101 Å². The zero-order valence-corrected chi connectivity index (χ0v) is 10.3.